The molecule has 0 atom stereocenters. The molecule has 0 N–H and O–H groups in total. The highest BCUT2D eigenvalue weighted by atomic mass is 19.1. The number of methoxy groups -OCH3 is 1. The van der Waals surface area contributed by atoms with E-state index in [1.165, 1.54) is 31.4 Å². The first kappa shape index (κ1) is 14.9. The first-order valence-corrected chi connectivity index (χ1v) is 6.49. The Hall–Kier alpha value is -2.50. The van der Waals surface area contributed by atoms with Crippen LogP contribution in [0.5, 0.6) is 5.75 Å². The van der Waals surface area contributed by atoms with E-state index in [0.717, 1.165) is 0 Å². The van der Waals surface area contributed by atoms with Gasteiger partial charge in [-0.15, -0.1) is 5.10 Å². The van der Waals surface area contributed by atoms with E-state index < -0.39 is 5.82 Å². The second-order valence-electron chi connectivity index (χ2n) is 4.77. The van der Waals surface area contributed by atoms with Gasteiger partial charge in [-0.3, -0.25) is 4.79 Å². The van der Waals surface area contributed by atoms with Crippen LogP contribution in [0.4, 0.5) is 4.39 Å². The first-order valence-electron chi connectivity index (χ1n) is 6.49. The fourth-order valence-electron chi connectivity index (χ4n) is 1.69. The maximum Gasteiger partial charge on any atom is 0.207 e. The Bertz CT molecular complexity index is 677. The van der Waals surface area contributed by atoms with E-state index in [2.05, 4.69) is 10.3 Å². The quantitative estimate of drug-likeness (QED) is 0.627. The van der Waals surface area contributed by atoms with Crippen molar-refractivity contribution in [3.8, 4) is 5.75 Å². The van der Waals surface area contributed by atoms with Crippen molar-refractivity contribution in [2.75, 3.05) is 7.11 Å². The zero-order valence-corrected chi connectivity index (χ0v) is 12.1. The Labute approximate surface area is 122 Å². The van der Waals surface area contributed by atoms with Crippen LogP contribution in [0.1, 0.15) is 35.9 Å². The summed E-state index contributed by atoms with van der Waals surface area (Å²) < 4.78 is 20.0. The number of carbonyl (C=O) groups excluding carboxylic acids is 1. The summed E-state index contributed by atoms with van der Waals surface area (Å²) in [6, 6.07) is 4.61. The second kappa shape index (κ2) is 6.30. The van der Waals surface area contributed by atoms with Gasteiger partial charge in [-0.05, 0) is 37.6 Å². The molecule has 2 rings (SSSR count). The van der Waals surface area contributed by atoms with Crippen molar-refractivity contribution in [3.63, 3.8) is 0 Å². The fraction of sp³-hybridized carbons (Fsp3) is 0.267. The number of halogens is 1. The van der Waals surface area contributed by atoms with Crippen LogP contribution < -0.4 is 4.74 Å². The van der Waals surface area contributed by atoms with Gasteiger partial charge in [0.1, 0.15) is 0 Å². The summed E-state index contributed by atoms with van der Waals surface area (Å²) in [7, 11) is 1.40. The molecule has 1 heterocycles. The topological polar surface area (TPSA) is 57.0 Å². The Morgan fingerprint density at radius 1 is 1.43 bits per heavy atom. The number of hydrogen-bond acceptors (Lipinski definition) is 4. The van der Waals surface area contributed by atoms with Gasteiger partial charge in [0.25, 0.3) is 0 Å². The highest BCUT2D eigenvalue weighted by Crippen LogP contribution is 2.18. The largest absolute Gasteiger partial charge is 0.494 e. The van der Waals surface area contributed by atoms with Gasteiger partial charge >= 0.3 is 0 Å². The molecule has 6 heteroatoms. The number of allylic oxidation sites excluding steroid dienone is 1. The van der Waals surface area contributed by atoms with E-state index in [1.807, 2.05) is 13.8 Å². The standard InChI is InChI=1S/C15H16FN3O2/c1-10(2)19-9-13(17-18-19)14(20)6-4-11-5-7-15(21-3)12(16)8-11/h4-10H,1-3H3/b6-4+. The molecule has 0 aliphatic carbocycles. The third-order valence-electron chi connectivity index (χ3n) is 2.89. The SMILES string of the molecule is COc1ccc(/C=C/C(=O)c2cn(C(C)C)nn2)cc1F. The molecular formula is C15H16FN3O2. The molecular weight excluding hydrogens is 273 g/mol. The Kier molecular flexibility index (Phi) is 4.47. The van der Waals surface area contributed by atoms with E-state index in [4.69, 9.17) is 4.74 Å². The zero-order valence-electron chi connectivity index (χ0n) is 12.1. The molecule has 0 bridgehead atoms. The van der Waals surface area contributed by atoms with E-state index >= 15 is 0 Å². The van der Waals surface area contributed by atoms with Gasteiger partial charge in [-0.1, -0.05) is 17.4 Å². The Morgan fingerprint density at radius 2 is 2.19 bits per heavy atom. The maximum absolute atomic E-state index is 13.5. The van der Waals surface area contributed by atoms with Crippen LogP contribution >= 0.6 is 0 Å². The second-order valence-corrected chi connectivity index (χ2v) is 4.77. The van der Waals surface area contributed by atoms with Crippen LogP contribution in [0.2, 0.25) is 0 Å². The van der Waals surface area contributed by atoms with Gasteiger partial charge in [-0.2, -0.15) is 0 Å². The molecule has 0 amide bonds. The Morgan fingerprint density at radius 3 is 2.76 bits per heavy atom. The van der Waals surface area contributed by atoms with Crippen molar-refractivity contribution in [2.24, 2.45) is 0 Å². The molecule has 5 nitrogen and oxygen atoms in total. The molecule has 110 valence electrons. The molecule has 1 aromatic heterocycles. The van der Waals surface area contributed by atoms with Gasteiger partial charge in [0.15, 0.2) is 17.3 Å². The Balaban J connectivity index is 2.12. The van der Waals surface area contributed by atoms with Gasteiger partial charge in [0, 0.05) is 6.04 Å². The number of ketones is 1. The lowest BCUT2D eigenvalue weighted by Gasteiger charge is -2.01. The summed E-state index contributed by atoms with van der Waals surface area (Å²) in [5.74, 6) is -0.589. The van der Waals surface area contributed by atoms with E-state index in [0.29, 0.717) is 5.56 Å². The lowest BCUT2D eigenvalue weighted by atomic mass is 10.1. The van der Waals surface area contributed by atoms with Gasteiger partial charge in [0.2, 0.25) is 5.78 Å². The summed E-state index contributed by atoms with van der Waals surface area (Å²) in [5, 5.41) is 7.68. The van der Waals surface area contributed by atoms with Crippen molar-refractivity contribution < 1.29 is 13.9 Å². The van der Waals surface area contributed by atoms with Crippen molar-refractivity contribution in [2.45, 2.75) is 19.9 Å². The van der Waals surface area contributed by atoms with Gasteiger partial charge in [0.05, 0.1) is 13.3 Å². The molecule has 2 aromatic rings. The molecule has 0 unspecified atom stereocenters. The van der Waals surface area contributed by atoms with Gasteiger partial charge in [-0.25, -0.2) is 9.07 Å². The fourth-order valence-corrected chi connectivity index (χ4v) is 1.69. The van der Waals surface area contributed by atoms with Crippen LogP contribution in [-0.4, -0.2) is 27.9 Å². The number of rotatable bonds is 5. The first-order chi connectivity index (χ1) is 10.0. The maximum atomic E-state index is 13.5. The van der Waals surface area contributed by atoms with E-state index in [-0.39, 0.29) is 23.3 Å². The average Bonchev–Trinajstić information content (AvgIpc) is 2.95. The minimum Gasteiger partial charge on any atom is -0.494 e. The third-order valence-corrected chi connectivity index (χ3v) is 2.89. The predicted molar refractivity (Wildman–Crippen MR) is 76.7 cm³/mol. The minimum atomic E-state index is -0.474. The lowest BCUT2D eigenvalue weighted by Crippen LogP contribution is -2.00. The molecule has 0 saturated heterocycles. The van der Waals surface area contributed by atoms with Crippen molar-refractivity contribution in [1.82, 2.24) is 15.0 Å². The summed E-state index contributed by atoms with van der Waals surface area (Å²) in [6.07, 6.45) is 4.46. The number of nitrogens with zero attached hydrogens (tertiary/aromatic N) is 3. The molecule has 0 saturated carbocycles. The van der Waals surface area contributed by atoms with E-state index in [9.17, 15) is 9.18 Å². The number of aromatic nitrogens is 3. The molecule has 0 aliphatic rings. The van der Waals surface area contributed by atoms with E-state index in [1.54, 1.807) is 16.9 Å². The number of hydrogen-bond donors (Lipinski definition) is 0. The number of benzene rings is 1. The number of carbonyl (C=O) groups is 1. The molecule has 0 aliphatic heterocycles. The third kappa shape index (κ3) is 3.53. The summed E-state index contributed by atoms with van der Waals surface area (Å²) in [5.41, 5.74) is 0.826. The van der Waals surface area contributed by atoms with Crippen molar-refractivity contribution in [3.05, 3.63) is 47.5 Å². The smallest absolute Gasteiger partial charge is 0.207 e. The van der Waals surface area contributed by atoms with Crippen LogP contribution in [0, 0.1) is 5.82 Å². The predicted octanol–water partition coefficient (Wildman–Crippen LogP) is 2.90. The number of ether oxygens (including phenoxy) is 1. The summed E-state index contributed by atoms with van der Waals surface area (Å²) >= 11 is 0. The summed E-state index contributed by atoms with van der Waals surface area (Å²) in [4.78, 5) is 11.9. The van der Waals surface area contributed by atoms with Crippen LogP contribution in [0.3, 0.4) is 0 Å². The monoisotopic (exact) mass is 289 g/mol. The van der Waals surface area contributed by atoms with Crippen molar-refractivity contribution >= 4 is 11.9 Å². The van der Waals surface area contributed by atoms with Gasteiger partial charge < -0.3 is 4.74 Å². The molecule has 21 heavy (non-hydrogen) atoms. The molecule has 0 radical (unpaired) electrons. The highest BCUT2D eigenvalue weighted by molar-refractivity contribution is 6.05. The van der Waals surface area contributed by atoms with Crippen LogP contribution in [-0.2, 0) is 0 Å². The molecule has 0 spiro atoms. The molecule has 0 fully saturated rings. The van der Waals surface area contributed by atoms with Crippen LogP contribution in [0.25, 0.3) is 6.08 Å². The average molecular weight is 289 g/mol. The normalized spacial score (nSPS) is 11.3. The minimum absolute atomic E-state index is 0.138. The molecule has 1 aromatic carbocycles. The summed E-state index contributed by atoms with van der Waals surface area (Å²) in [6.45, 7) is 3.89. The zero-order chi connectivity index (χ0) is 15.4. The highest BCUT2D eigenvalue weighted by Gasteiger charge is 2.09. The van der Waals surface area contributed by atoms with Crippen LogP contribution in [0.15, 0.2) is 30.5 Å². The van der Waals surface area contributed by atoms with Crippen molar-refractivity contribution in [1.29, 1.82) is 0 Å². The lowest BCUT2D eigenvalue weighted by molar-refractivity contribution is 0.104.